The summed E-state index contributed by atoms with van der Waals surface area (Å²) in [6, 6.07) is 6.36. The van der Waals surface area contributed by atoms with Gasteiger partial charge in [0.1, 0.15) is 13.2 Å². The summed E-state index contributed by atoms with van der Waals surface area (Å²) in [6.45, 7) is 7.92. The van der Waals surface area contributed by atoms with Crippen molar-refractivity contribution >= 4 is 50.3 Å². The number of hydrazone groups is 2. The summed E-state index contributed by atoms with van der Waals surface area (Å²) in [5, 5.41) is 7.82. The highest BCUT2D eigenvalue weighted by Crippen LogP contribution is 2.37. The van der Waals surface area contributed by atoms with Gasteiger partial charge < -0.3 is 18.9 Å². The maximum atomic E-state index is 12.0. The first-order valence-electron chi connectivity index (χ1n) is 9.78. The minimum atomic E-state index is -0.624. The predicted octanol–water partition coefficient (Wildman–Crippen LogP) is 5.03. The van der Waals surface area contributed by atoms with Crippen LogP contribution in [0.2, 0.25) is 0 Å². The quantitative estimate of drug-likeness (QED) is 0.204. The number of hydrogen-bond acceptors (Lipinski definition) is 7. The minimum absolute atomic E-state index is 0.335. The van der Waals surface area contributed by atoms with E-state index in [4.69, 9.17) is 18.9 Å². The lowest BCUT2D eigenvalue weighted by molar-refractivity contribution is 0.242. The summed E-state index contributed by atoms with van der Waals surface area (Å²) in [4.78, 5) is 12.0. The molecule has 0 radical (unpaired) electrons. The van der Waals surface area contributed by atoms with Crippen molar-refractivity contribution in [1.29, 1.82) is 0 Å². The molecule has 2 N–H and O–H groups in total. The number of urea groups is 1. The minimum Gasteiger partial charge on any atom is -0.493 e. The van der Waals surface area contributed by atoms with E-state index in [1.165, 1.54) is 26.6 Å². The van der Waals surface area contributed by atoms with E-state index >= 15 is 0 Å². The van der Waals surface area contributed by atoms with E-state index in [1.54, 1.807) is 36.4 Å². The van der Waals surface area contributed by atoms with E-state index in [0.29, 0.717) is 56.3 Å². The van der Waals surface area contributed by atoms with Gasteiger partial charge in [-0.3, -0.25) is 0 Å². The molecule has 2 aromatic carbocycles. The zero-order chi connectivity index (χ0) is 24.9. The Morgan fingerprint density at radius 3 is 1.62 bits per heavy atom. The number of hydrogen-bond donors (Lipinski definition) is 2. The SMILES string of the molecule is C=CCOc1c(Br)cc(/C=N\NC(=O)N/N=C/c2cc(Br)c(OCC=C)c(OC)c2)cc1OC. The Bertz CT molecular complexity index is 1010. The van der Waals surface area contributed by atoms with Crippen molar-refractivity contribution in [2.45, 2.75) is 0 Å². The number of carbonyl (C=O) groups is 1. The van der Waals surface area contributed by atoms with Gasteiger partial charge in [0.25, 0.3) is 0 Å². The molecule has 9 nitrogen and oxygen atoms in total. The maximum absolute atomic E-state index is 12.0. The average molecular weight is 596 g/mol. The van der Waals surface area contributed by atoms with Gasteiger partial charge in [-0.15, -0.1) is 0 Å². The first-order chi connectivity index (χ1) is 16.4. The number of halogens is 2. The average Bonchev–Trinajstić information content (AvgIpc) is 2.82. The van der Waals surface area contributed by atoms with Gasteiger partial charge >= 0.3 is 6.03 Å². The summed E-state index contributed by atoms with van der Waals surface area (Å²) in [5.41, 5.74) is 6.01. The van der Waals surface area contributed by atoms with Crippen molar-refractivity contribution in [2.24, 2.45) is 10.2 Å². The molecule has 0 aliphatic heterocycles. The summed E-state index contributed by atoms with van der Waals surface area (Å²) in [7, 11) is 3.06. The lowest BCUT2D eigenvalue weighted by Gasteiger charge is -2.12. The van der Waals surface area contributed by atoms with Crippen LogP contribution < -0.4 is 29.8 Å². The molecule has 2 aromatic rings. The Kier molecular flexibility index (Phi) is 11.1. The molecule has 0 unspecified atom stereocenters. The molecule has 0 spiro atoms. The van der Waals surface area contributed by atoms with Gasteiger partial charge in [-0.25, -0.2) is 15.6 Å². The number of nitrogens with one attached hydrogen (secondary N) is 2. The van der Waals surface area contributed by atoms with Crippen LogP contribution in [-0.2, 0) is 0 Å². The Morgan fingerprint density at radius 1 is 0.853 bits per heavy atom. The van der Waals surface area contributed by atoms with Gasteiger partial charge in [0.05, 0.1) is 35.6 Å². The third kappa shape index (κ3) is 7.92. The van der Waals surface area contributed by atoms with Crippen LogP contribution in [0.3, 0.4) is 0 Å². The fourth-order valence-electron chi connectivity index (χ4n) is 2.55. The topological polar surface area (TPSA) is 103 Å². The molecule has 34 heavy (non-hydrogen) atoms. The molecule has 2 rings (SSSR count). The maximum Gasteiger partial charge on any atom is 0.355 e. The normalized spacial score (nSPS) is 10.7. The predicted molar refractivity (Wildman–Crippen MR) is 140 cm³/mol. The van der Waals surface area contributed by atoms with E-state index < -0.39 is 6.03 Å². The highest BCUT2D eigenvalue weighted by molar-refractivity contribution is 9.11. The van der Waals surface area contributed by atoms with Gasteiger partial charge in [-0.2, -0.15) is 10.2 Å². The van der Waals surface area contributed by atoms with Crippen LogP contribution in [0.1, 0.15) is 11.1 Å². The number of methoxy groups -OCH3 is 2. The van der Waals surface area contributed by atoms with Crippen molar-refractivity contribution in [3.8, 4) is 23.0 Å². The van der Waals surface area contributed by atoms with Crippen LogP contribution in [0.15, 0.2) is 68.7 Å². The van der Waals surface area contributed by atoms with E-state index in [9.17, 15) is 4.79 Å². The van der Waals surface area contributed by atoms with Crippen LogP contribution in [0, 0.1) is 0 Å². The number of nitrogens with zero attached hydrogens (tertiary/aromatic N) is 2. The van der Waals surface area contributed by atoms with Gasteiger partial charge in [0.2, 0.25) is 0 Å². The van der Waals surface area contributed by atoms with E-state index in [-0.39, 0.29) is 0 Å². The van der Waals surface area contributed by atoms with Crippen molar-refractivity contribution < 1.29 is 23.7 Å². The molecule has 0 aromatic heterocycles. The van der Waals surface area contributed by atoms with E-state index in [1.807, 2.05) is 0 Å². The van der Waals surface area contributed by atoms with Gasteiger partial charge in [-0.05, 0) is 67.3 Å². The first kappa shape index (κ1) is 26.9. The molecule has 0 bridgehead atoms. The van der Waals surface area contributed by atoms with Crippen LogP contribution in [0.5, 0.6) is 23.0 Å². The molecule has 0 aliphatic rings. The molecule has 180 valence electrons. The van der Waals surface area contributed by atoms with Crippen LogP contribution >= 0.6 is 31.9 Å². The van der Waals surface area contributed by atoms with E-state index in [2.05, 4.69) is 66.1 Å². The van der Waals surface area contributed by atoms with E-state index in [0.717, 1.165) is 0 Å². The highest BCUT2D eigenvalue weighted by atomic mass is 79.9. The number of amides is 2. The fourth-order valence-corrected chi connectivity index (χ4v) is 3.70. The molecular formula is C23H24Br2N4O5. The molecule has 0 atom stereocenters. The Morgan fingerprint density at radius 2 is 1.26 bits per heavy atom. The number of carbonyl (C=O) groups excluding carboxylic acids is 1. The fraction of sp³-hybridized carbons (Fsp3) is 0.174. The molecular weight excluding hydrogens is 572 g/mol. The lowest BCUT2D eigenvalue weighted by Crippen LogP contribution is -2.28. The summed E-state index contributed by atoms with van der Waals surface area (Å²) in [6.07, 6.45) is 6.18. The monoisotopic (exact) mass is 594 g/mol. The molecule has 11 heteroatoms. The number of benzene rings is 2. The molecule has 0 fully saturated rings. The Hall–Kier alpha value is -3.31. The summed E-state index contributed by atoms with van der Waals surface area (Å²) < 4.78 is 23.2. The summed E-state index contributed by atoms with van der Waals surface area (Å²) in [5.74, 6) is 2.11. The second-order valence-corrected chi connectivity index (χ2v) is 8.05. The van der Waals surface area contributed by atoms with Crippen molar-refractivity contribution in [3.63, 3.8) is 0 Å². The van der Waals surface area contributed by atoms with Gasteiger partial charge in [0.15, 0.2) is 23.0 Å². The van der Waals surface area contributed by atoms with Crippen molar-refractivity contribution in [2.75, 3.05) is 27.4 Å². The first-order valence-corrected chi connectivity index (χ1v) is 11.4. The standard InChI is InChI=1S/C23H24Br2N4O5/c1-5-7-33-21-17(24)9-15(11-19(21)31-3)13-26-28-23(30)29-27-14-16-10-18(25)22(34-8-6-2)20(12-16)32-4/h5-6,9-14H,1-2,7-8H2,3-4H3,(H2,28,29,30)/b26-13-,27-14+. The molecule has 0 aliphatic carbocycles. The molecule has 0 saturated heterocycles. The summed E-state index contributed by atoms with van der Waals surface area (Å²) >= 11 is 6.87. The number of ether oxygens (including phenoxy) is 4. The second kappa shape index (κ2) is 14.1. The van der Waals surface area contributed by atoms with Crippen molar-refractivity contribution in [1.82, 2.24) is 10.9 Å². The highest BCUT2D eigenvalue weighted by Gasteiger charge is 2.12. The smallest absolute Gasteiger partial charge is 0.355 e. The van der Waals surface area contributed by atoms with Crippen molar-refractivity contribution in [3.05, 3.63) is 69.6 Å². The second-order valence-electron chi connectivity index (χ2n) is 6.34. The Balaban J connectivity index is 1.98. The van der Waals surface area contributed by atoms with Gasteiger partial charge in [-0.1, -0.05) is 25.3 Å². The zero-order valence-electron chi connectivity index (χ0n) is 18.6. The van der Waals surface area contributed by atoms with Gasteiger partial charge in [0, 0.05) is 0 Å². The van der Waals surface area contributed by atoms with Crippen LogP contribution in [0.4, 0.5) is 4.79 Å². The Labute approximate surface area is 214 Å². The largest absolute Gasteiger partial charge is 0.493 e. The number of rotatable bonds is 12. The third-order valence-electron chi connectivity index (χ3n) is 3.95. The zero-order valence-corrected chi connectivity index (χ0v) is 21.8. The third-order valence-corrected chi connectivity index (χ3v) is 5.13. The lowest BCUT2D eigenvalue weighted by atomic mass is 10.2. The molecule has 2 amide bonds. The molecule has 0 saturated carbocycles. The molecule has 0 heterocycles. The van der Waals surface area contributed by atoms with Crippen LogP contribution in [0.25, 0.3) is 0 Å². The van der Waals surface area contributed by atoms with Crippen LogP contribution in [-0.4, -0.2) is 45.9 Å².